The van der Waals surface area contributed by atoms with Crippen LogP contribution in [0.1, 0.15) is 12.8 Å². The molecule has 0 saturated carbocycles. The minimum atomic E-state index is -4.09. The molecule has 0 radical (unpaired) electrons. The molecule has 1 heterocycles. The summed E-state index contributed by atoms with van der Waals surface area (Å²) < 4.78 is 26.5. The highest BCUT2D eigenvalue weighted by Gasteiger charge is 2.29. The summed E-state index contributed by atoms with van der Waals surface area (Å²) in [5.74, 6) is -1.06. The second-order valence-corrected chi connectivity index (χ2v) is 6.23. The van der Waals surface area contributed by atoms with Gasteiger partial charge in [-0.25, -0.2) is 8.42 Å². The number of amides is 1. The number of sulfonamides is 1. The number of piperidine rings is 1. The van der Waals surface area contributed by atoms with Crippen LogP contribution in [0, 0.1) is 10.1 Å². The molecule has 0 aliphatic carbocycles. The molecule has 1 aromatic rings. The largest absolute Gasteiger partial charge is 0.502 e. The van der Waals surface area contributed by atoms with Crippen molar-refractivity contribution in [1.29, 1.82) is 0 Å². The first kappa shape index (κ1) is 15.2. The Bertz CT molecular complexity index is 687. The molecule has 0 bridgehead atoms. The molecule has 10 heteroatoms. The van der Waals surface area contributed by atoms with E-state index in [1.54, 1.807) is 0 Å². The van der Waals surface area contributed by atoms with Gasteiger partial charge < -0.3 is 10.4 Å². The topological polar surface area (TPSA) is 139 Å². The van der Waals surface area contributed by atoms with Crippen molar-refractivity contribution >= 4 is 21.6 Å². The fourth-order valence-corrected chi connectivity index (χ4v) is 3.21. The Morgan fingerprint density at radius 2 is 2.14 bits per heavy atom. The standard InChI is InChI=1S/C11H13N3O6S/c15-10-4-3-7(6-9(10)14(17)18)21(19,20)13-8-2-1-5-12-11(8)16/h3-4,6,8,13,15H,1-2,5H2,(H,12,16). The average Bonchev–Trinajstić information content (AvgIpc) is 2.41. The summed E-state index contributed by atoms with van der Waals surface area (Å²) in [7, 11) is -4.09. The molecule has 114 valence electrons. The third-order valence-electron chi connectivity index (χ3n) is 3.04. The van der Waals surface area contributed by atoms with Crippen molar-refractivity contribution in [3.05, 3.63) is 28.3 Å². The number of carbonyl (C=O) groups excluding carboxylic acids is 1. The van der Waals surface area contributed by atoms with Crippen LogP contribution in [0.25, 0.3) is 0 Å². The number of nitro groups is 1. The highest BCUT2D eigenvalue weighted by Crippen LogP contribution is 2.28. The number of phenolic OH excluding ortho intramolecular Hbond substituents is 1. The van der Waals surface area contributed by atoms with Crippen LogP contribution in [0.3, 0.4) is 0 Å². The summed E-state index contributed by atoms with van der Waals surface area (Å²) in [5.41, 5.74) is -0.717. The molecule has 3 N–H and O–H groups in total. The normalized spacial score (nSPS) is 19.0. The Labute approximate surface area is 120 Å². The van der Waals surface area contributed by atoms with Gasteiger partial charge in [0.05, 0.1) is 9.82 Å². The molecule has 1 saturated heterocycles. The van der Waals surface area contributed by atoms with E-state index in [1.165, 1.54) is 0 Å². The van der Waals surface area contributed by atoms with Gasteiger partial charge in [-0.05, 0) is 25.0 Å². The SMILES string of the molecule is O=C1NCCCC1NS(=O)(=O)c1ccc(O)c([N+](=O)[O-])c1. The molecule has 1 atom stereocenters. The second-order valence-electron chi connectivity index (χ2n) is 4.51. The van der Waals surface area contributed by atoms with Crippen LogP contribution in [0.5, 0.6) is 5.75 Å². The van der Waals surface area contributed by atoms with Gasteiger partial charge in [0.25, 0.3) is 0 Å². The van der Waals surface area contributed by atoms with Gasteiger partial charge in [0.2, 0.25) is 15.9 Å². The summed E-state index contributed by atoms with van der Waals surface area (Å²) in [6.45, 7) is 0.488. The maximum Gasteiger partial charge on any atom is 0.312 e. The Hall–Kier alpha value is -2.20. The average molecular weight is 315 g/mol. The quantitative estimate of drug-likeness (QED) is 0.522. The molecule has 0 aromatic heterocycles. The lowest BCUT2D eigenvalue weighted by Gasteiger charge is -2.22. The lowest BCUT2D eigenvalue weighted by Crippen LogP contribution is -2.50. The molecule has 1 aromatic carbocycles. The van der Waals surface area contributed by atoms with Crippen LogP contribution in [0.4, 0.5) is 5.69 Å². The molecule has 1 aliphatic rings. The van der Waals surface area contributed by atoms with Crippen LogP contribution in [-0.2, 0) is 14.8 Å². The van der Waals surface area contributed by atoms with Crippen molar-refractivity contribution in [3.63, 3.8) is 0 Å². The van der Waals surface area contributed by atoms with Gasteiger partial charge in [0.1, 0.15) is 6.04 Å². The number of rotatable bonds is 4. The van der Waals surface area contributed by atoms with E-state index in [4.69, 9.17) is 0 Å². The van der Waals surface area contributed by atoms with E-state index in [2.05, 4.69) is 10.0 Å². The van der Waals surface area contributed by atoms with E-state index < -0.39 is 38.3 Å². The Kier molecular flexibility index (Phi) is 4.09. The predicted octanol–water partition coefficient (Wildman–Crippen LogP) is -0.143. The van der Waals surface area contributed by atoms with Crippen LogP contribution in [-0.4, -0.2) is 36.9 Å². The van der Waals surface area contributed by atoms with Crippen LogP contribution in [0.15, 0.2) is 23.1 Å². The van der Waals surface area contributed by atoms with E-state index >= 15 is 0 Å². The zero-order valence-electron chi connectivity index (χ0n) is 10.8. The van der Waals surface area contributed by atoms with E-state index in [9.17, 15) is 28.4 Å². The molecule has 21 heavy (non-hydrogen) atoms. The molecule has 1 fully saturated rings. The first-order valence-corrected chi connectivity index (χ1v) is 7.57. The molecular formula is C11H13N3O6S. The third kappa shape index (κ3) is 3.28. The molecule has 1 unspecified atom stereocenters. The van der Waals surface area contributed by atoms with Crippen molar-refractivity contribution in [2.24, 2.45) is 0 Å². The van der Waals surface area contributed by atoms with Gasteiger partial charge in [-0.15, -0.1) is 0 Å². The molecule has 1 aliphatic heterocycles. The fourth-order valence-electron chi connectivity index (χ4n) is 1.96. The number of nitro benzene ring substituents is 1. The third-order valence-corrected chi connectivity index (χ3v) is 4.51. The highest BCUT2D eigenvalue weighted by atomic mass is 32.2. The van der Waals surface area contributed by atoms with E-state index in [-0.39, 0.29) is 4.90 Å². The molecule has 9 nitrogen and oxygen atoms in total. The number of phenols is 1. The second kappa shape index (κ2) is 5.66. The first-order valence-electron chi connectivity index (χ1n) is 6.09. The van der Waals surface area contributed by atoms with Gasteiger partial charge in [0, 0.05) is 12.6 Å². The summed E-state index contributed by atoms with van der Waals surface area (Å²) in [4.78, 5) is 21.0. The Morgan fingerprint density at radius 3 is 2.76 bits per heavy atom. The maximum absolute atomic E-state index is 12.1. The highest BCUT2D eigenvalue weighted by molar-refractivity contribution is 7.89. The minimum absolute atomic E-state index is 0.352. The monoisotopic (exact) mass is 315 g/mol. The zero-order chi connectivity index (χ0) is 15.6. The lowest BCUT2D eigenvalue weighted by molar-refractivity contribution is -0.386. The summed E-state index contributed by atoms with van der Waals surface area (Å²) in [6, 6.07) is 1.80. The van der Waals surface area contributed by atoms with Crippen molar-refractivity contribution in [2.75, 3.05) is 6.54 Å². The summed E-state index contributed by atoms with van der Waals surface area (Å²) in [5, 5.41) is 22.6. The fraction of sp³-hybridized carbons (Fsp3) is 0.364. The van der Waals surface area contributed by atoms with Crippen molar-refractivity contribution < 1.29 is 23.2 Å². The van der Waals surface area contributed by atoms with E-state index in [0.717, 1.165) is 18.2 Å². The summed E-state index contributed by atoms with van der Waals surface area (Å²) in [6.07, 6.45) is 0.986. The van der Waals surface area contributed by atoms with Crippen LogP contribution in [0.2, 0.25) is 0 Å². The van der Waals surface area contributed by atoms with Gasteiger partial charge >= 0.3 is 5.69 Å². The molecule has 2 rings (SSSR count). The van der Waals surface area contributed by atoms with Crippen LogP contribution < -0.4 is 10.0 Å². The van der Waals surface area contributed by atoms with Gasteiger partial charge in [-0.2, -0.15) is 4.72 Å². The number of benzene rings is 1. The summed E-state index contributed by atoms with van der Waals surface area (Å²) >= 11 is 0. The first-order chi connectivity index (χ1) is 9.81. The number of carbonyl (C=O) groups is 1. The maximum atomic E-state index is 12.1. The van der Waals surface area contributed by atoms with Crippen molar-refractivity contribution in [2.45, 2.75) is 23.8 Å². The number of hydrogen-bond acceptors (Lipinski definition) is 6. The Balaban J connectivity index is 2.29. The van der Waals surface area contributed by atoms with E-state index in [0.29, 0.717) is 19.4 Å². The smallest absolute Gasteiger partial charge is 0.312 e. The van der Waals surface area contributed by atoms with Crippen LogP contribution >= 0.6 is 0 Å². The minimum Gasteiger partial charge on any atom is -0.502 e. The van der Waals surface area contributed by atoms with Crippen molar-refractivity contribution in [3.8, 4) is 5.75 Å². The molecule has 0 spiro atoms. The number of hydrogen-bond donors (Lipinski definition) is 3. The van der Waals surface area contributed by atoms with Gasteiger partial charge in [-0.1, -0.05) is 0 Å². The zero-order valence-corrected chi connectivity index (χ0v) is 11.6. The van der Waals surface area contributed by atoms with Gasteiger partial charge in [0.15, 0.2) is 5.75 Å². The molecular weight excluding hydrogens is 302 g/mol. The number of nitrogens with zero attached hydrogens (tertiary/aromatic N) is 1. The van der Waals surface area contributed by atoms with E-state index in [1.807, 2.05) is 0 Å². The van der Waals surface area contributed by atoms with Crippen molar-refractivity contribution in [1.82, 2.24) is 10.0 Å². The Morgan fingerprint density at radius 1 is 1.43 bits per heavy atom. The molecule has 1 amide bonds. The van der Waals surface area contributed by atoms with Gasteiger partial charge in [-0.3, -0.25) is 14.9 Å². The predicted molar refractivity (Wildman–Crippen MR) is 71.1 cm³/mol. The lowest BCUT2D eigenvalue weighted by atomic mass is 10.1. The number of nitrogens with one attached hydrogen (secondary N) is 2. The number of aromatic hydroxyl groups is 1.